The first-order chi connectivity index (χ1) is 9.56. The molecule has 1 atom stereocenters. The molecule has 2 aromatic rings. The second-order valence-corrected chi connectivity index (χ2v) is 5.61. The SMILES string of the molecule is CC(CCCNC(=O)Cc1cn2ccsc2n1)C(=O)O. The van der Waals surface area contributed by atoms with Gasteiger partial charge in [-0.3, -0.25) is 14.0 Å². The Kier molecular flexibility index (Phi) is 4.73. The normalized spacial score (nSPS) is 12.4. The molecule has 0 saturated heterocycles. The molecule has 2 N–H and O–H groups in total. The number of carboxylic acid groups (broad SMARTS) is 1. The first-order valence-electron chi connectivity index (χ1n) is 6.47. The van der Waals surface area contributed by atoms with Crippen molar-refractivity contribution in [3.8, 4) is 0 Å². The summed E-state index contributed by atoms with van der Waals surface area (Å²) in [5.74, 6) is -1.25. The van der Waals surface area contributed by atoms with Crippen molar-refractivity contribution in [3.05, 3.63) is 23.5 Å². The van der Waals surface area contributed by atoms with Gasteiger partial charge in [-0.1, -0.05) is 6.92 Å². The van der Waals surface area contributed by atoms with Crippen LogP contribution in [0.4, 0.5) is 0 Å². The Morgan fingerprint density at radius 1 is 1.55 bits per heavy atom. The van der Waals surface area contributed by atoms with Crippen LogP contribution in [0.15, 0.2) is 17.8 Å². The number of imidazole rings is 1. The molecular weight excluding hydrogens is 278 g/mol. The van der Waals surface area contributed by atoms with E-state index in [0.29, 0.717) is 19.4 Å². The van der Waals surface area contributed by atoms with Gasteiger partial charge in [-0.15, -0.1) is 11.3 Å². The van der Waals surface area contributed by atoms with E-state index in [2.05, 4.69) is 10.3 Å². The third-order valence-corrected chi connectivity index (χ3v) is 3.81. The fourth-order valence-corrected chi connectivity index (χ4v) is 2.57. The van der Waals surface area contributed by atoms with Crippen molar-refractivity contribution in [1.82, 2.24) is 14.7 Å². The maximum atomic E-state index is 11.7. The lowest BCUT2D eigenvalue weighted by atomic mass is 10.1. The minimum atomic E-state index is -0.797. The van der Waals surface area contributed by atoms with Gasteiger partial charge >= 0.3 is 5.97 Å². The maximum absolute atomic E-state index is 11.7. The lowest BCUT2D eigenvalue weighted by molar-refractivity contribution is -0.141. The number of aliphatic carboxylic acids is 1. The lowest BCUT2D eigenvalue weighted by Gasteiger charge is -2.06. The van der Waals surface area contributed by atoms with Gasteiger partial charge in [0.1, 0.15) is 0 Å². The second-order valence-electron chi connectivity index (χ2n) is 4.73. The molecule has 2 aromatic heterocycles. The molecule has 0 aliphatic carbocycles. The van der Waals surface area contributed by atoms with Crippen molar-refractivity contribution in [3.63, 3.8) is 0 Å². The second kappa shape index (κ2) is 6.51. The van der Waals surface area contributed by atoms with Crippen LogP contribution in [0.2, 0.25) is 0 Å². The van der Waals surface area contributed by atoms with E-state index in [0.717, 1.165) is 10.7 Å². The summed E-state index contributed by atoms with van der Waals surface area (Å²) in [7, 11) is 0. The molecule has 0 radical (unpaired) electrons. The molecule has 0 bridgehead atoms. The van der Waals surface area contributed by atoms with Crippen molar-refractivity contribution in [2.24, 2.45) is 5.92 Å². The Balaban J connectivity index is 1.70. The van der Waals surface area contributed by atoms with Crippen LogP contribution in [0, 0.1) is 5.92 Å². The van der Waals surface area contributed by atoms with E-state index < -0.39 is 5.97 Å². The molecular formula is C13H17N3O3S. The van der Waals surface area contributed by atoms with Gasteiger partial charge in [0.15, 0.2) is 4.96 Å². The quantitative estimate of drug-likeness (QED) is 0.759. The number of fused-ring (bicyclic) bond motifs is 1. The molecule has 0 saturated carbocycles. The maximum Gasteiger partial charge on any atom is 0.306 e. The number of nitrogens with one attached hydrogen (secondary N) is 1. The highest BCUT2D eigenvalue weighted by atomic mass is 32.1. The van der Waals surface area contributed by atoms with Crippen molar-refractivity contribution in [2.45, 2.75) is 26.2 Å². The van der Waals surface area contributed by atoms with Crippen molar-refractivity contribution in [2.75, 3.05) is 6.54 Å². The zero-order chi connectivity index (χ0) is 14.5. The average Bonchev–Trinajstić information content (AvgIpc) is 2.94. The monoisotopic (exact) mass is 295 g/mol. The van der Waals surface area contributed by atoms with E-state index >= 15 is 0 Å². The Morgan fingerprint density at radius 2 is 2.35 bits per heavy atom. The van der Waals surface area contributed by atoms with Gasteiger partial charge in [-0.2, -0.15) is 0 Å². The number of nitrogens with zero attached hydrogens (tertiary/aromatic N) is 2. The van der Waals surface area contributed by atoms with Crippen LogP contribution >= 0.6 is 11.3 Å². The molecule has 108 valence electrons. The van der Waals surface area contributed by atoms with E-state index in [1.165, 1.54) is 11.3 Å². The highest BCUT2D eigenvalue weighted by molar-refractivity contribution is 7.15. The molecule has 7 heteroatoms. The molecule has 0 aromatic carbocycles. The smallest absolute Gasteiger partial charge is 0.306 e. The number of carbonyl (C=O) groups is 2. The topological polar surface area (TPSA) is 83.7 Å². The number of carboxylic acids is 1. The number of thiazole rings is 1. The summed E-state index contributed by atoms with van der Waals surface area (Å²) in [6.45, 7) is 2.17. The third-order valence-electron chi connectivity index (χ3n) is 3.04. The number of aromatic nitrogens is 2. The van der Waals surface area contributed by atoms with Crippen molar-refractivity contribution >= 4 is 28.2 Å². The molecule has 1 unspecified atom stereocenters. The zero-order valence-corrected chi connectivity index (χ0v) is 12.0. The number of carbonyl (C=O) groups excluding carboxylic acids is 1. The van der Waals surface area contributed by atoms with Crippen molar-refractivity contribution in [1.29, 1.82) is 0 Å². The van der Waals surface area contributed by atoms with Crippen LogP contribution in [0.3, 0.4) is 0 Å². The predicted molar refractivity (Wildman–Crippen MR) is 75.8 cm³/mol. The van der Waals surface area contributed by atoms with E-state index in [4.69, 9.17) is 5.11 Å². The summed E-state index contributed by atoms with van der Waals surface area (Å²) in [4.78, 5) is 27.6. The predicted octanol–water partition coefficient (Wildman–Crippen LogP) is 1.56. The van der Waals surface area contributed by atoms with Gasteiger partial charge in [-0.05, 0) is 12.8 Å². The minimum Gasteiger partial charge on any atom is -0.481 e. The van der Waals surface area contributed by atoms with Gasteiger partial charge < -0.3 is 10.4 Å². The van der Waals surface area contributed by atoms with E-state index in [-0.39, 0.29) is 18.2 Å². The summed E-state index contributed by atoms with van der Waals surface area (Å²) in [6, 6.07) is 0. The summed E-state index contributed by atoms with van der Waals surface area (Å²) >= 11 is 1.53. The Labute approximate surface area is 120 Å². The van der Waals surface area contributed by atoms with Gasteiger partial charge in [-0.25, -0.2) is 4.98 Å². The van der Waals surface area contributed by atoms with Crippen LogP contribution in [-0.2, 0) is 16.0 Å². The molecule has 0 fully saturated rings. The van der Waals surface area contributed by atoms with Crippen LogP contribution < -0.4 is 5.32 Å². The first-order valence-corrected chi connectivity index (χ1v) is 7.35. The fraction of sp³-hybridized carbons (Fsp3) is 0.462. The standard InChI is InChI=1S/C13H17N3O3S/c1-9(12(18)19)3-2-4-14-11(17)7-10-8-16-5-6-20-13(16)15-10/h5-6,8-9H,2-4,7H2,1H3,(H,14,17)(H,18,19). The first kappa shape index (κ1) is 14.5. The fourth-order valence-electron chi connectivity index (χ4n) is 1.85. The highest BCUT2D eigenvalue weighted by Gasteiger charge is 2.11. The van der Waals surface area contributed by atoms with Gasteiger partial charge in [0.25, 0.3) is 0 Å². The zero-order valence-electron chi connectivity index (χ0n) is 11.2. The van der Waals surface area contributed by atoms with Gasteiger partial charge in [0.05, 0.1) is 18.0 Å². The van der Waals surface area contributed by atoms with Crippen LogP contribution in [0.1, 0.15) is 25.5 Å². The molecule has 6 nitrogen and oxygen atoms in total. The third kappa shape index (κ3) is 3.80. The molecule has 0 aliphatic rings. The summed E-state index contributed by atoms with van der Waals surface area (Å²) in [5, 5.41) is 13.5. The van der Waals surface area contributed by atoms with E-state index in [1.807, 2.05) is 22.2 Å². The lowest BCUT2D eigenvalue weighted by Crippen LogP contribution is -2.26. The van der Waals surface area contributed by atoms with Crippen LogP contribution in [0.25, 0.3) is 4.96 Å². The number of amides is 1. The minimum absolute atomic E-state index is 0.0845. The average molecular weight is 295 g/mol. The number of hydrogen-bond donors (Lipinski definition) is 2. The van der Waals surface area contributed by atoms with Gasteiger partial charge in [0.2, 0.25) is 5.91 Å². The van der Waals surface area contributed by atoms with Crippen LogP contribution in [-0.4, -0.2) is 32.9 Å². The molecule has 1 amide bonds. The molecule has 0 spiro atoms. The molecule has 2 heterocycles. The molecule has 20 heavy (non-hydrogen) atoms. The Morgan fingerprint density at radius 3 is 3.05 bits per heavy atom. The van der Waals surface area contributed by atoms with E-state index in [1.54, 1.807) is 6.92 Å². The Hall–Kier alpha value is -1.89. The number of hydrogen-bond acceptors (Lipinski definition) is 4. The van der Waals surface area contributed by atoms with Crippen molar-refractivity contribution < 1.29 is 14.7 Å². The summed E-state index contributed by atoms with van der Waals surface area (Å²) < 4.78 is 1.89. The summed E-state index contributed by atoms with van der Waals surface area (Å²) in [5.41, 5.74) is 0.744. The molecule has 0 aliphatic heterocycles. The van der Waals surface area contributed by atoms with Gasteiger partial charge in [0, 0.05) is 24.3 Å². The number of rotatable bonds is 7. The highest BCUT2D eigenvalue weighted by Crippen LogP contribution is 2.11. The summed E-state index contributed by atoms with van der Waals surface area (Å²) in [6.07, 6.45) is 5.23. The Bertz CT molecular complexity index is 576. The largest absolute Gasteiger partial charge is 0.481 e. The molecule has 2 rings (SSSR count). The van der Waals surface area contributed by atoms with Crippen LogP contribution in [0.5, 0.6) is 0 Å². The van der Waals surface area contributed by atoms with E-state index in [9.17, 15) is 9.59 Å².